The van der Waals surface area contributed by atoms with Gasteiger partial charge in [0, 0.05) is 12.1 Å². The standard InChI is InChI=1S/C7H13NO/c1-6(8)4-5-9-7(6)2-3-7/h2-5,8H2,1H3. The molecular formula is C7H13NO. The fourth-order valence-electron chi connectivity index (χ4n) is 1.68. The van der Waals surface area contributed by atoms with Crippen molar-refractivity contribution in [3.8, 4) is 0 Å². The van der Waals surface area contributed by atoms with Crippen LogP contribution in [0.4, 0.5) is 0 Å². The summed E-state index contributed by atoms with van der Waals surface area (Å²) >= 11 is 0. The summed E-state index contributed by atoms with van der Waals surface area (Å²) in [5.74, 6) is 0. The molecule has 9 heavy (non-hydrogen) atoms. The Morgan fingerprint density at radius 2 is 2.00 bits per heavy atom. The van der Waals surface area contributed by atoms with Crippen LogP contribution in [0.2, 0.25) is 0 Å². The molecule has 52 valence electrons. The summed E-state index contributed by atoms with van der Waals surface area (Å²) in [4.78, 5) is 0. The Balaban J connectivity index is 2.23. The molecule has 1 atom stereocenters. The zero-order valence-corrected chi connectivity index (χ0v) is 5.81. The smallest absolute Gasteiger partial charge is 0.0861 e. The van der Waals surface area contributed by atoms with Gasteiger partial charge in [0.1, 0.15) is 0 Å². The monoisotopic (exact) mass is 127 g/mol. The molecular weight excluding hydrogens is 114 g/mol. The maximum Gasteiger partial charge on any atom is 0.0861 e. The predicted molar refractivity (Wildman–Crippen MR) is 35.1 cm³/mol. The molecule has 1 saturated heterocycles. The molecule has 0 aromatic carbocycles. The average Bonchev–Trinajstić information content (AvgIpc) is 2.41. The first kappa shape index (κ1) is 5.69. The molecule has 1 unspecified atom stereocenters. The summed E-state index contributed by atoms with van der Waals surface area (Å²) in [5, 5.41) is 0. The Kier molecular flexibility index (Phi) is 0.837. The molecule has 0 aromatic rings. The zero-order chi connectivity index (χ0) is 6.54. The number of hydrogen-bond donors (Lipinski definition) is 1. The molecule has 2 rings (SSSR count). The quantitative estimate of drug-likeness (QED) is 0.518. The molecule has 2 N–H and O–H groups in total. The van der Waals surface area contributed by atoms with Crippen LogP contribution in [-0.2, 0) is 4.74 Å². The first-order valence-electron chi connectivity index (χ1n) is 3.59. The van der Waals surface area contributed by atoms with Gasteiger partial charge in [-0.3, -0.25) is 0 Å². The van der Waals surface area contributed by atoms with E-state index in [9.17, 15) is 0 Å². The lowest BCUT2D eigenvalue weighted by Gasteiger charge is -2.24. The van der Waals surface area contributed by atoms with Crippen molar-refractivity contribution in [3.05, 3.63) is 0 Å². The molecule has 2 aliphatic rings. The van der Waals surface area contributed by atoms with E-state index in [1.54, 1.807) is 0 Å². The molecule has 1 aliphatic carbocycles. The Morgan fingerprint density at radius 1 is 1.33 bits per heavy atom. The predicted octanol–water partition coefficient (Wildman–Crippen LogP) is 0.657. The highest BCUT2D eigenvalue weighted by Gasteiger charge is 2.59. The maximum atomic E-state index is 5.99. The normalized spacial score (nSPS) is 46.0. The third-order valence-electron chi connectivity index (χ3n) is 2.74. The highest BCUT2D eigenvalue weighted by Crippen LogP contribution is 2.52. The summed E-state index contributed by atoms with van der Waals surface area (Å²) in [6.07, 6.45) is 3.40. The molecule has 1 spiro atoms. The topological polar surface area (TPSA) is 35.2 Å². The molecule has 0 bridgehead atoms. The highest BCUT2D eigenvalue weighted by molar-refractivity contribution is 5.14. The van der Waals surface area contributed by atoms with Crippen molar-refractivity contribution in [2.45, 2.75) is 37.3 Å². The van der Waals surface area contributed by atoms with Crippen LogP contribution in [0.1, 0.15) is 26.2 Å². The summed E-state index contributed by atoms with van der Waals surface area (Å²) < 4.78 is 5.54. The number of nitrogens with two attached hydrogens (primary N) is 1. The zero-order valence-electron chi connectivity index (χ0n) is 5.81. The van der Waals surface area contributed by atoms with Crippen molar-refractivity contribution < 1.29 is 4.74 Å². The Labute approximate surface area is 55.4 Å². The molecule has 0 aromatic heterocycles. The molecule has 2 heteroatoms. The first-order chi connectivity index (χ1) is 4.16. The van der Waals surface area contributed by atoms with Crippen LogP contribution in [0, 0.1) is 0 Å². The van der Waals surface area contributed by atoms with Crippen LogP contribution >= 0.6 is 0 Å². The van der Waals surface area contributed by atoms with Gasteiger partial charge in [-0.1, -0.05) is 0 Å². The van der Waals surface area contributed by atoms with Crippen LogP contribution in [0.3, 0.4) is 0 Å². The van der Waals surface area contributed by atoms with E-state index in [2.05, 4.69) is 6.92 Å². The lowest BCUT2D eigenvalue weighted by atomic mass is 9.93. The number of hydrogen-bond acceptors (Lipinski definition) is 2. The van der Waals surface area contributed by atoms with Gasteiger partial charge in [-0.25, -0.2) is 0 Å². The van der Waals surface area contributed by atoms with Gasteiger partial charge in [-0.2, -0.15) is 0 Å². The minimum atomic E-state index is -0.0208. The van der Waals surface area contributed by atoms with E-state index in [0.29, 0.717) is 0 Å². The van der Waals surface area contributed by atoms with Gasteiger partial charge >= 0.3 is 0 Å². The van der Waals surface area contributed by atoms with Gasteiger partial charge in [0.2, 0.25) is 0 Å². The first-order valence-corrected chi connectivity index (χ1v) is 3.59. The highest BCUT2D eigenvalue weighted by atomic mass is 16.5. The van der Waals surface area contributed by atoms with Crippen LogP contribution < -0.4 is 5.73 Å². The van der Waals surface area contributed by atoms with Gasteiger partial charge in [-0.05, 0) is 26.2 Å². The number of ether oxygens (including phenoxy) is 1. The SMILES string of the molecule is CC1(N)CCOC12CC2. The van der Waals surface area contributed by atoms with E-state index in [1.807, 2.05) is 0 Å². The molecule has 1 saturated carbocycles. The second-order valence-electron chi connectivity index (χ2n) is 3.51. The Hall–Kier alpha value is -0.0800. The van der Waals surface area contributed by atoms with Crippen LogP contribution in [0.15, 0.2) is 0 Å². The third-order valence-corrected chi connectivity index (χ3v) is 2.74. The lowest BCUT2D eigenvalue weighted by Crippen LogP contribution is -2.45. The molecule has 0 radical (unpaired) electrons. The van der Waals surface area contributed by atoms with Gasteiger partial charge in [0.25, 0.3) is 0 Å². The lowest BCUT2D eigenvalue weighted by molar-refractivity contribution is 0.0624. The fourth-order valence-corrected chi connectivity index (χ4v) is 1.68. The molecule has 2 fully saturated rings. The van der Waals surface area contributed by atoms with Crippen LogP contribution in [0.25, 0.3) is 0 Å². The van der Waals surface area contributed by atoms with Crippen molar-refractivity contribution in [2.24, 2.45) is 5.73 Å². The van der Waals surface area contributed by atoms with Crippen molar-refractivity contribution >= 4 is 0 Å². The van der Waals surface area contributed by atoms with E-state index in [4.69, 9.17) is 10.5 Å². The number of rotatable bonds is 0. The van der Waals surface area contributed by atoms with Gasteiger partial charge in [-0.15, -0.1) is 0 Å². The van der Waals surface area contributed by atoms with Crippen molar-refractivity contribution in [2.75, 3.05) is 6.61 Å². The van der Waals surface area contributed by atoms with Crippen molar-refractivity contribution in [1.29, 1.82) is 0 Å². The van der Waals surface area contributed by atoms with Crippen molar-refractivity contribution in [3.63, 3.8) is 0 Å². The van der Waals surface area contributed by atoms with Crippen molar-refractivity contribution in [1.82, 2.24) is 0 Å². The van der Waals surface area contributed by atoms with Gasteiger partial charge in [0.15, 0.2) is 0 Å². The van der Waals surface area contributed by atoms with Crippen LogP contribution in [0.5, 0.6) is 0 Å². The van der Waals surface area contributed by atoms with E-state index < -0.39 is 0 Å². The molecule has 1 aliphatic heterocycles. The minimum Gasteiger partial charge on any atom is -0.373 e. The minimum absolute atomic E-state index is 0.0208. The third kappa shape index (κ3) is 0.578. The van der Waals surface area contributed by atoms with Gasteiger partial charge in [0.05, 0.1) is 5.60 Å². The van der Waals surface area contributed by atoms with E-state index in [1.165, 1.54) is 12.8 Å². The van der Waals surface area contributed by atoms with Gasteiger partial charge < -0.3 is 10.5 Å². The second kappa shape index (κ2) is 1.32. The summed E-state index contributed by atoms with van der Waals surface area (Å²) in [5.41, 5.74) is 6.09. The molecule has 1 heterocycles. The summed E-state index contributed by atoms with van der Waals surface area (Å²) in [6, 6.07) is 0. The van der Waals surface area contributed by atoms with E-state index in [-0.39, 0.29) is 11.1 Å². The van der Waals surface area contributed by atoms with E-state index >= 15 is 0 Å². The van der Waals surface area contributed by atoms with Crippen LogP contribution in [-0.4, -0.2) is 17.7 Å². The second-order valence-corrected chi connectivity index (χ2v) is 3.51. The van der Waals surface area contributed by atoms with E-state index in [0.717, 1.165) is 13.0 Å². The Bertz CT molecular complexity index is 134. The molecule has 0 amide bonds. The molecule has 2 nitrogen and oxygen atoms in total. The summed E-state index contributed by atoms with van der Waals surface area (Å²) in [6.45, 7) is 2.97. The average molecular weight is 127 g/mol. The summed E-state index contributed by atoms with van der Waals surface area (Å²) in [7, 11) is 0. The largest absolute Gasteiger partial charge is 0.373 e. The maximum absolute atomic E-state index is 5.99. The fraction of sp³-hybridized carbons (Fsp3) is 1.00. The Morgan fingerprint density at radius 3 is 2.22 bits per heavy atom.